The number of carbonyl (C=O) groups excluding carboxylic acids is 2. The Balaban J connectivity index is 0.000000616. The molecule has 0 aliphatic carbocycles. The molecule has 0 saturated carbocycles. The van der Waals surface area contributed by atoms with E-state index in [1.54, 1.807) is 0 Å². The highest BCUT2D eigenvalue weighted by atomic mass is 16.4. The van der Waals surface area contributed by atoms with Crippen LogP contribution >= 0.6 is 0 Å². The third kappa shape index (κ3) is 11.8. The molecule has 2 aromatic carbocycles. The van der Waals surface area contributed by atoms with Gasteiger partial charge in [-0.1, -0.05) is 66.2 Å². The molecule has 174 valence electrons. The first kappa shape index (κ1) is 26.8. The molecule has 0 spiro atoms. The fraction of sp³-hybridized carbons (Fsp3) is 0.375. The predicted octanol–water partition coefficient (Wildman–Crippen LogP) is 1.37. The zero-order valence-corrected chi connectivity index (χ0v) is 18.5. The Morgan fingerprint density at radius 1 is 0.969 bits per heavy atom. The summed E-state index contributed by atoms with van der Waals surface area (Å²) in [7, 11) is 0. The third-order valence-electron chi connectivity index (χ3n) is 4.58. The molecule has 8 nitrogen and oxygen atoms in total. The van der Waals surface area contributed by atoms with Crippen molar-refractivity contribution in [3.63, 3.8) is 0 Å². The number of aliphatic carboxylic acids is 1. The lowest BCUT2D eigenvalue weighted by molar-refractivity contribution is -0.142. The second-order valence-corrected chi connectivity index (χ2v) is 7.41. The largest absolute Gasteiger partial charge is 0.480 e. The first-order valence-electron chi connectivity index (χ1n) is 10.6. The molecule has 0 aliphatic heterocycles. The maximum atomic E-state index is 11.9. The minimum absolute atomic E-state index is 0.291. The van der Waals surface area contributed by atoms with E-state index in [-0.39, 0.29) is 6.54 Å². The van der Waals surface area contributed by atoms with Crippen LogP contribution in [0.2, 0.25) is 0 Å². The Kier molecular flexibility index (Phi) is 13.0. The molecule has 2 rings (SSSR count). The van der Waals surface area contributed by atoms with Gasteiger partial charge in [0, 0.05) is 0 Å². The van der Waals surface area contributed by atoms with Gasteiger partial charge >= 0.3 is 5.97 Å². The van der Waals surface area contributed by atoms with Gasteiger partial charge in [0.05, 0.1) is 12.6 Å². The maximum Gasteiger partial charge on any atom is 0.326 e. The number of unbranched alkanes of at least 4 members (excludes halogenated alkanes) is 1. The van der Waals surface area contributed by atoms with Gasteiger partial charge in [0.25, 0.3) is 0 Å². The summed E-state index contributed by atoms with van der Waals surface area (Å²) in [5, 5.41) is 13.9. The van der Waals surface area contributed by atoms with E-state index in [0.717, 1.165) is 5.56 Å². The van der Waals surface area contributed by atoms with Crippen molar-refractivity contribution < 1.29 is 19.5 Å². The number of rotatable bonds is 11. The number of amides is 2. The number of nitrogens with two attached hydrogens (primary N) is 2. The predicted molar refractivity (Wildman–Crippen MR) is 125 cm³/mol. The third-order valence-corrected chi connectivity index (χ3v) is 4.58. The first-order chi connectivity index (χ1) is 15.3. The highest BCUT2D eigenvalue weighted by Gasteiger charge is 2.20. The van der Waals surface area contributed by atoms with E-state index >= 15 is 0 Å². The molecule has 8 heteroatoms. The molecule has 2 amide bonds. The van der Waals surface area contributed by atoms with Gasteiger partial charge in [-0.05, 0) is 44.7 Å². The number of nitrogens with one attached hydrogen (secondary N) is 2. The van der Waals surface area contributed by atoms with E-state index < -0.39 is 29.9 Å². The van der Waals surface area contributed by atoms with Gasteiger partial charge in [-0.25, -0.2) is 4.79 Å². The SMILES string of the molecule is Cc1ccccc1.NCCCCC(NC(=O)CNC(=O)[C@H](N)Cc1ccccc1)C(=O)O. The molecule has 0 radical (unpaired) electrons. The van der Waals surface area contributed by atoms with Crippen molar-refractivity contribution in [1.29, 1.82) is 0 Å². The molecule has 0 bridgehead atoms. The zero-order valence-electron chi connectivity index (χ0n) is 18.5. The molecule has 32 heavy (non-hydrogen) atoms. The Hall–Kier alpha value is -3.23. The van der Waals surface area contributed by atoms with Crippen LogP contribution in [0, 0.1) is 6.92 Å². The van der Waals surface area contributed by atoms with Crippen LogP contribution in [0.15, 0.2) is 60.7 Å². The van der Waals surface area contributed by atoms with Gasteiger partial charge in [-0.3, -0.25) is 9.59 Å². The topological polar surface area (TPSA) is 148 Å². The molecule has 0 heterocycles. The minimum atomic E-state index is -1.11. The summed E-state index contributed by atoms with van der Waals surface area (Å²) in [4.78, 5) is 34.9. The van der Waals surface area contributed by atoms with Crippen LogP contribution in [0.1, 0.15) is 30.4 Å². The average Bonchev–Trinajstić information content (AvgIpc) is 2.78. The molecule has 0 aromatic heterocycles. The van der Waals surface area contributed by atoms with E-state index in [0.29, 0.717) is 32.2 Å². The van der Waals surface area contributed by atoms with E-state index in [1.807, 2.05) is 48.5 Å². The van der Waals surface area contributed by atoms with Crippen molar-refractivity contribution in [2.45, 2.75) is 44.7 Å². The minimum Gasteiger partial charge on any atom is -0.480 e. The summed E-state index contributed by atoms with van der Waals surface area (Å²) < 4.78 is 0. The van der Waals surface area contributed by atoms with Crippen LogP contribution in [0.25, 0.3) is 0 Å². The number of carboxylic acids is 1. The summed E-state index contributed by atoms with van der Waals surface area (Å²) in [6.45, 7) is 2.23. The Bertz CT molecular complexity index is 815. The lowest BCUT2D eigenvalue weighted by atomic mass is 10.1. The van der Waals surface area contributed by atoms with Crippen molar-refractivity contribution >= 4 is 17.8 Å². The molecule has 1 unspecified atom stereocenters. The molecule has 7 N–H and O–H groups in total. The first-order valence-corrected chi connectivity index (χ1v) is 10.6. The fourth-order valence-corrected chi connectivity index (χ4v) is 2.79. The smallest absolute Gasteiger partial charge is 0.326 e. The Morgan fingerprint density at radius 3 is 2.06 bits per heavy atom. The van der Waals surface area contributed by atoms with E-state index in [4.69, 9.17) is 16.6 Å². The fourth-order valence-electron chi connectivity index (χ4n) is 2.79. The summed E-state index contributed by atoms with van der Waals surface area (Å²) in [5.41, 5.74) is 13.4. The average molecular weight is 443 g/mol. The van der Waals surface area contributed by atoms with Crippen molar-refractivity contribution in [3.8, 4) is 0 Å². The van der Waals surface area contributed by atoms with Crippen LogP contribution in [-0.2, 0) is 20.8 Å². The van der Waals surface area contributed by atoms with Crippen molar-refractivity contribution in [3.05, 3.63) is 71.8 Å². The maximum absolute atomic E-state index is 11.9. The highest BCUT2D eigenvalue weighted by Crippen LogP contribution is 2.02. The summed E-state index contributed by atoms with van der Waals surface area (Å²) >= 11 is 0. The van der Waals surface area contributed by atoms with Crippen molar-refractivity contribution in [1.82, 2.24) is 10.6 Å². The van der Waals surface area contributed by atoms with Gasteiger partial charge in [-0.15, -0.1) is 0 Å². The van der Waals surface area contributed by atoms with Crippen molar-refractivity contribution in [2.75, 3.05) is 13.1 Å². The number of hydrogen-bond donors (Lipinski definition) is 5. The molecule has 0 saturated heterocycles. The van der Waals surface area contributed by atoms with E-state index in [1.165, 1.54) is 5.56 Å². The quantitative estimate of drug-likeness (QED) is 0.332. The summed E-state index contributed by atoms with van der Waals surface area (Å²) in [6.07, 6.45) is 1.93. The summed E-state index contributed by atoms with van der Waals surface area (Å²) in [5.74, 6) is -2.15. The number of hydrogen-bond acceptors (Lipinski definition) is 5. The van der Waals surface area contributed by atoms with E-state index in [9.17, 15) is 14.4 Å². The van der Waals surface area contributed by atoms with E-state index in [2.05, 4.69) is 29.7 Å². The van der Waals surface area contributed by atoms with Crippen LogP contribution in [-0.4, -0.2) is 48.1 Å². The normalized spacial score (nSPS) is 12.0. The number of benzene rings is 2. The number of aryl methyl sites for hydroxylation is 1. The highest BCUT2D eigenvalue weighted by molar-refractivity contribution is 5.89. The molecular formula is C24H34N4O4. The lowest BCUT2D eigenvalue weighted by Gasteiger charge is -2.16. The monoisotopic (exact) mass is 442 g/mol. The molecular weight excluding hydrogens is 408 g/mol. The number of carbonyl (C=O) groups is 3. The second-order valence-electron chi connectivity index (χ2n) is 7.41. The Morgan fingerprint density at radius 2 is 1.56 bits per heavy atom. The van der Waals surface area contributed by atoms with Gasteiger partial charge in [-0.2, -0.15) is 0 Å². The molecule has 2 aromatic rings. The lowest BCUT2D eigenvalue weighted by Crippen LogP contribution is -2.49. The van der Waals surface area contributed by atoms with Crippen LogP contribution in [0.4, 0.5) is 0 Å². The van der Waals surface area contributed by atoms with Gasteiger partial charge in [0.2, 0.25) is 11.8 Å². The van der Waals surface area contributed by atoms with Gasteiger partial charge in [0.1, 0.15) is 6.04 Å². The van der Waals surface area contributed by atoms with Gasteiger partial charge in [0.15, 0.2) is 0 Å². The van der Waals surface area contributed by atoms with Crippen molar-refractivity contribution in [2.24, 2.45) is 11.5 Å². The standard InChI is InChI=1S/C17H26N4O4.C7H8/c18-9-5-4-8-14(17(24)25)21-15(22)11-20-16(23)13(19)10-12-6-2-1-3-7-12;1-7-5-3-2-4-6-7/h1-3,6-7,13-14H,4-5,8-11,18-19H2,(H,20,23)(H,21,22)(H,24,25);2-6H,1H3/t13-,14?;/m1./s1. The molecule has 0 fully saturated rings. The van der Waals surface area contributed by atoms with Crippen LogP contribution in [0.3, 0.4) is 0 Å². The Labute approximate surface area is 189 Å². The molecule has 2 atom stereocenters. The van der Waals surface area contributed by atoms with Crippen LogP contribution in [0.5, 0.6) is 0 Å². The number of carboxylic acid groups (broad SMARTS) is 1. The zero-order chi connectivity index (χ0) is 23.8. The summed E-state index contributed by atoms with van der Waals surface area (Å²) in [6, 6.07) is 17.8. The second kappa shape index (κ2) is 15.6. The van der Waals surface area contributed by atoms with Gasteiger partial charge < -0.3 is 27.2 Å². The van der Waals surface area contributed by atoms with Crippen LogP contribution < -0.4 is 22.1 Å². The molecule has 0 aliphatic rings.